The smallest absolute Gasteiger partial charge is 0.336 e. The molecule has 1 atom stereocenters. The Labute approximate surface area is 167 Å². The topological polar surface area (TPSA) is 79.5 Å². The van der Waals surface area contributed by atoms with Gasteiger partial charge in [0.1, 0.15) is 11.3 Å². The van der Waals surface area contributed by atoms with Crippen molar-refractivity contribution >= 4 is 33.8 Å². The van der Waals surface area contributed by atoms with Crippen LogP contribution in [0.5, 0.6) is 0 Å². The van der Waals surface area contributed by atoms with Gasteiger partial charge in [0.2, 0.25) is 0 Å². The second-order valence-corrected chi connectivity index (χ2v) is 7.03. The fraction of sp³-hybridized carbons (Fsp3) is 0.182. The molecule has 0 bridgehead atoms. The van der Waals surface area contributed by atoms with Crippen molar-refractivity contribution in [3.63, 3.8) is 0 Å². The van der Waals surface area contributed by atoms with Crippen LogP contribution in [0, 0.1) is 0 Å². The Kier molecular flexibility index (Phi) is 4.72. The first-order valence-corrected chi connectivity index (χ1v) is 9.31. The highest BCUT2D eigenvalue weighted by Crippen LogP contribution is 2.26. The lowest BCUT2D eigenvalue weighted by molar-refractivity contribution is 0.0930. The summed E-state index contributed by atoms with van der Waals surface area (Å²) in [6, 6.07) is 16.5. The molecule has 2 aromatic carbocycles. The highest BCUT2D eigenvalue weighted by molar-refractivity contribution is 6.07. The molecule has 0 radical (unpaired) electrons. The van der Waals surface area contributed by atoms with Gasteiger partial charge in [0, 0.05) is 36.6 Å². The standard InChI is InChI=1S/C22H22N4O3/c1-14(20-12-15-8-4-7-11-19(15)29-20)26(3)22(28)24-23-21(27)17-13-25(2)18-10-6-5-9-16(17)18/h4-14H,1-3H3,(H,23,27)(H,24,28). The van der Waals surface area contributed by atoms with Crippen LogP contribution in [0.3, 0.4) is 0 Å². The fourth-order valence-electron chi connectivity index (χ4n) is 3.36. The summed E-state index contributed by atoms with van der Waals surface area (Å²) < 4.78 is 7.71. The van der Waals surface area contributed by atoms with Crippen molar-refractivity contribution in [2.45, 2.75) is 13.0 Å². The fourth-order valence-corrected chi connectivity index (χ4v) is 3.36. The third kappa shape index (κ3) is 3.42. The average molecular weight is 390 g/mol. The predicted molar refractivity (Wildman–Crippen MR) is 111 cm³/mol. The van der Waals surface area contributed by atoms with E-state index in [2.05, 4.69) is 10.9 Å². The Morgan fingerprint density at radius 2 is 1.79 bits per heavy atom. The minimum absolute atomic E-state index is 0.308. The molecule has 7 heteroatoms. The van der Waals surface area contributed by atoms with Gasteiger partial charge in [-0.15, -0.1) is 0 Å². The van der Waals surface area contributed by atoms with Gasteiger partial charge in [-0.1, -0.05) is 36.4 Å². The second kappa shape index (κ2) is 7.35. The molecule has 0 saturated heterocycles. The van der Waals surface area contributed by atoms with Crippen LogP contribution in [-0.4, -0.2) is 28.5 Å². The first-order chi connectivity index (χ1) is 14.0. The van der Waals surface area contributed by atoms with Gasteiger partial charge in [-0.3, -0.25) is 10.2 Å². The van der Waals surface area contributed by atoms with Gasteiger partial charge in [-0.2, -0.15) is 0 Å². The number of hydrazine groups is 1. The van der Waals surface area contributed by atoms with Crippen molar-refractivity contribution in [3.8, 4) is 0 Å². The molecule has 29 heavy (non-hydrogen) atoms. The molecule has 0 aliphatic heterocycles. The Morgan fingerprint density at radius 1 is 1.07 bits per heavy atom. The summed E-state index contributed by atoms with van der Waals surface area (Å²) in [7, 11) is 3.53. The number of benzene rings is 2. The van der Waals surface area contributed by atoms with E-state index < -0.39 is 6.03 Å². The second-order valence-electron chi connectivity index (χ2n) is 7.03. The number of para-hydroxylation sites is 2. The number of nitrogens with one attached hydrogen (secondary N) is 2. The van der Waals surface area contributed by atoms with Gasteiger partial charge < -0.3 is 13.9 Å². The monoisotopic (exact) mass is 390 g/mol. The molecule has 0 spiro atoms. The van der Waals surface area contributed by atoms with Gasteiger partial charge in [0.05, 0.1) is 11.6 Å². The van der Waals surface area contributed by atoms with Crippen LogP contribution >= 0.6 is 0 Å². The molecule has 2 N–H and O–H groups in total. The van der Waals surface area contributed by atoms with E-state index in [-0.39, 0.29) is 11.9 Å². The van der Waals surface area contributed by atoms with E-state index in [0.717, 1.165) is 21.9 Å². The van der Waals surface area contributed by atoms with Crippen molar-refractivity contribution < 1.29 is 14.0 Å². The van der Waals surface area contributed by atoms with Crippen LogP contribution < -0.4 is 10.9 Å². The molecule has 2 heterocycles. The van der Waals surface area contributed by atoms with Gasteiger partial charge in [-0.25, -0.2) is 10.2 Å². The number of urea groups is 1. The van der Waals surface area contributed by atoms with Crippen molar-refractivity contribution in [2.24, 2.45) is 7.05 Å². The quantitative estimate of drug-likeness (QED) is 0.520. The number of furan rings is 1. The zero-order valence-corrected chi connectivity index (χ0v) is 16.5. The van der Waals surface area contributed by atoms with E-state index >= 15 is 0 Å². The summed E-state index contributed by atoms with van der Waals surface area (Å²) in [5.74, 6) is 0.296. The number of nitrogens with zero attached hydrogens (tertiary/aromatic N) is 2. The molecular weight excluding hydrogens is 368 g/mol. The van der Waals surface area contributed by atoms with Crippen molar-refractivity contribution in [2.75, 3.05) is 7.05 Å². The molecule has 4 aromatic rings. The summed E-state index contributed by atoms with van der Waals surface area (Å²) in [5.41, 5.74) is 7.18. The van der Waals surface area contributed by atoms with Crippen LogP contribution in [0.1, 0.15) is 29.1 Å². The highest BCUT2D eigenvalue weighted by atomic mass is 16.3. The molecule has 1 unspecified atom stereocenters. The van der Waals surface area contributed by atoms with Crippen LogP contribution in [0.15, 0.2) is 65.2 Å². The van der Waals surface area contributed by atoms with Crippen LogP contribution in [0.2, 0.25) is 0 Å². The molecule has 148 valence electrons. The largest absolute Gasteiger partial charge is 0.459 e. The van der Waals surface area contributed by atoms with Crippen LogP contribution in [0.4, 0.5) is 4.79 Å². The number of aromatic nitrogens is 1. The van der Waals surface area contributed by atoms with Gasteiger partial charge in [-0.05, 0) is 25.1 Å². The predicted octanol–water partition coefficient (Wildman–Crippen LogP) is 3.97. The molecule has 0 fully saturated rings. The SMILES string of the molecule is CC(c1cc2ccccc2o1)N(C)C(=O)NNC(=O)c1cn(C)c2ccccc12. The van der Waals surface area contributed by atoms with Crippen LogP contribution in [0.25, 0.3) is 21.9 Å². The Bertz CT molecular complexity index is 1170. The lowest BCUT2D eigenvalue weighted by Crippen LogP contribution is -2.48. The van der Waals surface area contributed by atoms with E-state index in [1.165, 1.54) is 4.90 Å². The molecule has 0 aliphatic carbocycles. The number of carbonyl (C=O) groups is 2. The first kappa shape index (κ1) is 18.6. The minimum Gasteiger partial charge on any atom is -0.459 e. The molecule has 7 nitrogen and oxygen atoms in total. The maximum Gasteiger partial charge on any atom is 0.336 e. The lowest BCUT2D eigenvalue weighted by Gasteiger charge is -2.23. The number of fused-ring (bicyclic) bond motifs is 2. The zero-order chi connectivity index (χ0) is 20.5. The summed E-state index contributed by atoms with van der Waals surface area (Å²) in [6.07, 6.45) is 1.74. The summed E-state index contributed by atoms with van der Waals surface area (Å²) >= 11 is 0. The van der Waals surface area contributed by atoms with E-state index in [0.29, 0.717) is 11.3 Å². The van der Waals surface area contributed by atoms with Crippen molar-refractivity contribution in [1.82, 2.24) is 20.3 Å². The number of rotatable bonds is 3. The summed E-state index contributed by atoms with van der Waals surface area (Å²) in [4.78, 5) is 26.6. The Hall–Kier alpha value is -3.74. The highest BCUT2D eigenvalue weighted by Gasteiger charge is 2.22. The van der Waals surface area contributed by atoms with E-state index in [1.807, 2.05) is 73.1 Å². The van der Waals surface area contributed by atoms with E-state index in [1.54, 1.807) is 13.2 Å². The lowest BCUT2D eigenvalue weighted by atomic mass is 10.2. The van der Waals surface area contributed by atoms with Crippen molar-refractivity contribution in [3.05, 3.63) is 72.1 Å². The number of amides is 3. The molecule has 0 saturated carbocycles. The first-order valence-electron chi connectivity index (χ1n) is 9.31. The Morgan fingerprint density at radius 3 is 2.59 bits per heavy atom. The zero-order valence-electron chi connectivity index (χ0n) is 16.5. The maximum atomic E-state index is 12.6. The third-order valence-corrected chi connectivity index (χ3v) is 5.18. The summed E-state index contributed by atoms with van der Waals surface area (Å²) in [6.45, 7) is 1.86. The van der Waals surface area contributed by atoms with Gasteiger partial charge in [0.25, 0.3) is 5.91 Å². The number of carbonyl (C=O) groups excluding carboxylic acids is 2. The maximum absolute atomic E-state index is 12.6. The van der Waals surface area contributed by atoms with E-state index in [9.17, 15) is 9.59 Å². The molecular formula is C22H22N4O3. The number of hydrogen-bond donors (Lipinski definition) is 2. The van der Waals surface area contributed by atoms with E-state index in [4.69, 9.17) is 4.42 Å². The van der Waals surface area contributed by atoms with Crippen molar-refractivity contribution in [1.29, 1.82) is 0 Å². The number of hydrogen-bond acceptors (Lipinski definition) is 3. The summed E-state index contributed by atoms with van der Waals surface area (Å²) in [5, 5.41) is 1.80. The minimum atomic E-state index is -0.438. The molecule has 3 amide bonds. The van der Waals surface area contributed by atoms with Gasteiger partial charge in [0.15, 0.2) is 0 Å². The molecule has 4 rings (SSSR count). The Balaban J connectivity index is 1.43. The average Bonchev–Trinajstić information content (AvgIpc) is 3.32. The van der Waals surface area contributed by atoms with Gasteiger partial charge >= 0.3 is 6.03 Å². The normalized spacial score (nSPS) is 12.1. The number of aryl methyl sites for hydroxylation is 1. The third-order valence-electron chi connectivity index (χ3n) is 5.18. The van der Waals surface area contributed by atoms with Crippen LogP contribution in [-0.2, 0) is 7.05 Å². The molecule has 0 aliphatic rings. The molecule has 2 aromatic heterocycles.